The predicted molar refractivity (Wildman–Crippen MR) is 463 cm³/mol. The Kier molecular flexibility index (Phi) is 22.5. The summed E-state index contributed by atoms with van der Waals surface area (Å²) in [7, 11) is 0. The molecular formula is C94H93FN20O8. The van der Waals surface area contributed by atoms with Gasteiger partial charge in [0.05, 0.1) is 50.5 Å². The van der Waals surface area contributed by atoms with E-state index in [1.165, 1.54) is 34.4 Å². The first kappa shape index (κ1) is 80.1. The lowest BCUT2D eigenvalue weighted by Gasteiger charge is -2.16. The van der Waals surface area contributed by atoms with Gasteiger partial charge >= 0.3 is 0 Å². The predicted octanol–water partition coefficient (Wildman–Crippen LogP) is 12.8. The van der Waals surface area contributed by atoms with E-state index in [2.05, 4.69) is 175 Å². The highest BCUT2D eigenvalue weighted by Crippen LogP contribution is 2.39. The molecule has 21 rings (SSSR count). The number of halogens is 1. The Bertz CT molecular complexity index is 6180. The summed E-state index contributed by atoms with van der Waals surface area (Å²) in [5.74, 6) is 2.15. The maximum Gasteiger partial charge on any atom is 0.254 e. The van der Waals surface area contributed by atoms with E-state index in [0.717, 1.165) is 158 Å². The number of carbonyl (C=O) groups is 8. The number of amides is 8. The Morgan fingerprint density at radius 2 is 0.724 bits per heavy atom. The second-order valence-electron chi connectivity index (χ2n) is 33.5. The molecule has 4 saturated heterocycles. The van der Waals surface area contributed by atoms with Crippen LogP contribution >= 0.6 is 0 Å². The van der Waals surface area contributed by atoms with Crippen molar-refractivity contribution in [3.8, 4) is 0 Å². The molecule has 4 unspecified atom stereocenters. The van der Waals surface area contributed by atoms with E-state index in [1.807, 2.05) is 22.7 Å². The number of nitrogens with one attached hydrogen (secondary N) is 8. The summed E-state index contributed by atoms with van der Waals surface area (Å²) in [4.78, 5) is 114. The Morgan fingerprint density at radius 1 is 0.398 bits per heavy atom. The number of aryl methyl sites for hydroxylation is 1. The van der Waals surface area contributed by atoms with Crippen LogP contribution in [-0.4, -0.2) is 130 Å². The number of benzene rings is 4. The van der Waals surface area contributed by atoms with Crippen molar-refractivity contribution in [2.45, 2.75) is 191 Å². The number of nitrogens with zero attached hydrogens (tertiary/aromatic N) is 12. The van der Waals surface area contributed by atoms with Gasteiger partial charge in [-0.2, -0.15) is 38.5 Å². The molecule has 123 heavy (non-hydrogen) atoms. The minimum absolute atomic E-state index is 0.0602. The summed E-state index contributed by atoms with van der Waals surface area (Å²) in [5.41, 5.74) is 17.7. The zero-order valence-electron chi connectivity index (χ0n) is 68.4. The van der Waals surface area contributed by atoms with E-state index in [9.17, 15) is 42.7 Å². The van der Waals surface area contributed by atoms with E-state index < -0.39 is 0 Å². The molecule has 12 aromatic rings. The molecule has 8 amide bonds. The minimum Gasteiger partial charge on any atom is -0.367 e. The van der Waals surface area contributed by atoms with Crippen LogP contribution in [0.4, 0.5) is 27.7 Å². The number of anilines is 4. The highest BCUT2D eigenvalue weighted by atomic mass is 19.1. The molecule has 8 fully saturated rings. The Hall–Kier alpha value is -14.0. The van der Waals surface area contributed by atoms with Crippen molar-refractivity contribution in [1.29, 1.82) is 0 Å². The lowest BCUT2D eigenvalue weighted by Crippen LogP contribution is -2.19. The molecule has 4 atom stereocenters. The maximum absolute atomic E-state index is 13.3. The molecule has 4 aliphatic heterocycles. The molecule has 29 heteroatoms. The van der Waals surface area contributed by atoms with Crippen molar-refractivity contribution in [3.63, 3.8) is 0 Å². The largest absolute Gasteiger partial charge is 0.367 e. The van der Waals surface area contributed by atoms with Crippen LogP contribution in [0.2, 0.25) is 0 Å². The van der Waals surface area contributed by atoms with Gasteiger partial charge in [0.15, 0.2) is 22.6 Å². The monoisotopic (exact) mass is 1650 g/mol. The average Bonchev–Trinajstić information content (AvgIpc) is 1.66. The van der Waals surface area contributed by atoms with Gasteiger partial charge in [0, 0.05) is 116 Å². The first-order valence-electron chi connectivity index (χ1n) is 42.5. The Labute approximate surface area is 707 Å². The fourth-order valence-corrected chi connectivity index (χ4v) is 16.4. The van der Waals surface area contributed by atoms with Crippen molar-refractivity contribution in [2.24, 2.45) is 0 Å². The van der Waals surface area contributed by atoms with Crippen molar-refractivity contribution in [1.82, 2.24) is 79.7 Å². The van der Waals surface area contributed by atoms with Crippen molar-refractivity contribution in [2.75, 3.05) is 21.3 Å². The summed E-state index contributed by atoms with van der Waals surface area (Å²) in [6.45, 7) is 6.48. The van der Waals surface area contributed by atoms with E-state index >= 15 is 0 Å². The molecule has 8 N–H and O–H groups in total. The second kappa shape index (κ2) is 34.6. The maximum atomic E-state index is 13.3. The molecule has 9 aliphatic rings. The van der Waals surface area contributed by atoms with Gasteiger partial charge in [0.1, 0.15) is 29.1 Å². The van der Waals surface area contributed by atoms with Crippen LogP contribution in [0.25, 0.3) is 46.9 Å². The highest BCUT2D eigenvalue weighted by Gasteiger charge is 2.33. The number of fused-ring (bicyclic) bond motifs is 5. The molecule has 0 radical (unpaired) electrons. The number of imide groups is 4. The third-order valence-electron chi connectivity index (χ3n) is 23.6. The van der Waals surface area contributed by atoms with Gasteiger partial charge in [-0.1, -0.05) is 118 Å². The molecule has 0 spiro atoms. The zero-order chi connectivity index (χ0) is 84.5. The van der Waals surface area contributed by atoms with Crippen molar-refractivity contribution >= 4 is 117 Å². The Morgan fingerprint density at radius 3 is 1.07 bits per heavy atom. The first-order valence-corrected chi connectivity index (χ1v) is 42.5. The van der Waals surface area contributed by atoms with Gasteiger partial charge in [0.25, 0.3) is 23.6 Å². The normalized spacial score (nSPS) is 19.4. The van der Waals surface area contributed by atoms with E-state index in [4.69, 9.17) is 19.9 Å². The lowest BCUT2D eigenvalue weighted by atomic mass is 9.92. The third kappa shape index (κ3) is 18.8. The van der Waals surface area contributed by atoms with Gasteiger partial charge in [-0.25, -0.2) is 24.3 Å². The molecule has 624 valence electrons. The van der Waals surface area contributed by atoms with Crippen LogP contribution in [0.3, 0.4) is 0 Å². The molecule has 4 saturated carbocycles. The molecule has 12 heterocycles. The van der Waals surface area contributed by atoms with Gasteiger partial charge in [-0.15, -0.1) is 0 Å². The summed E-state index contributed by atoms with van der Waals surface area (Å²) in [6.07, 6.45) is 29.6. The fraction of sp³-hybridized carbons (Fsp3) is 0.319. The highest BCUT2D eigenvalue weighted by molar-refractivity contribution is 6.18. The minimum atomic E-state index is -0.373. The lowest BCUT2D eigenvalue weighted by molar-refractivity contribution is -0.125. The van der Waals surface area contributed by atoms with Crippen LogP contribution < -0.4 is 42.5 Å². The standard InChI is InChI=1S/C24H23N5O2.C24H25N5O2.C23H22FN5O2.C23H23N5O2/c30-22-11-16(24(31)28-22)9-17-13-25-29-21(26-18-7-8-18)12-19(27-23(17)29)10-15-6-5-14-3-1-2-4-20(14)15;1-2-15(16-6-4-3-5-7-16)11-20-13-21(26-19-8-9-19)29-23(27-20)18(14-25-29)10-17-12-22(30)28-24(17)31;1-13(14-2-4-17(24)5-3-14)8-19-11-20(26-18-6-7-18)29-22(27-19)16(12-25-29)9-15-10-21(30)28-23(15)31;1-14(15-5-3-2-4-6-15)9-19-12-20(25-18-7-8-18)28-22(26-19)17(13-24-28)10-16-11-21(29)27-23(16)30/h1-4,9,12-13,15,18,26H,5-8,10-11H2,(H,28,30,31);3-7,10,13-15,19,26H,2,8-9,11-12H2,1H3,(H,28,30,31);2-5,9,11-13,18,26H,6-8,10H2,1H3,(H,28,30,31);2-6,10,12-14,18,25H,7-9,11H2,1H3,(H,27,29,30)/b16-9+;17-10+;15-9+;16-10+. The van der Waals surface area contributed by atoms with Crippen LogP contribution in [0.1, 0.15) is 207 Å². The molecule has 0 bridgehead atoms. The molecular weight excluding hydrogens is 1560 g/mol. The van der Waals surface area contributed by atoms with Crippen LogP contribution in [0.5, 0.6) is 0 Å². The SMILES string of the molecule is CC(Cc1cc(NC2CC2)n2ncc(/C=C3\CC(=O)NC3=O)c2n1)c1ccc(F)cc1.CC(Cc1cc(NC2CC2)n2ncc(/C=C3\CC(=O)NC3=O)c2n1)c1ccccc1.CCC(Cc1cc(NC2CC2)n2ncc(/C=C3\CC(=O)NC3=O)c2n1)c1ccccc1.O=C1C/C(=C\c2cnn3c(NC4CC4)cc(CC4CCc5ccccc54)nc23)C(=O)N1. The van der Waals surface area contributed by atoms with Gasteiger partial charge in [-0.3, -0.25) is 59.6 Å². The fourth-order valence-electron chi connectivity index (χ4n) is 16.4. The number of carbonyl (C=O) groups excluding carboxylic acids is 8. The topological polar surface area (TPSA) is 354 Å². The third-order valence-corrected chi connectivity index (χ3v) is 23.6. The molecule has 8 aromatic heterocycles. The Balaban J connectivity index is 0.000000112. The summed E-state index contributed by atoms with van der Waals surface area (Å²) < 4.78 is 20.4. The number of aromatic nitrogens is 12. The smallest absolute Gasteiger partial charge is 0.254 e. The molecule has 5 aliphatic carbocycles. The molecule has 28 nitrogen and oxygen atoms in total. The number of hydrogen-bond acceptors (Lipinski definition) is 20. The zero-order valence-corrected chi connectivity index (χ0v) is 68.4. The van der Waals surface area contributed by atoms with Crippen LogP contribution in [0.15, 0.2) is 181 Å². The van der Waals surface area contributed by atoms with Crippen molar-refractivity contribution < 1.29 is 42.7 Å². The quantitative estimate of drug-likeness (QED) is 0.0206. The van der Waals surface area contributed by atoms with E-state index in [-0.39, 0.29) is 84.7 Å². The van der Waals surface area contributed by atoms with Gasteiger partial charge < -0.3 is 21.3 Å². The van der Waals surface area contributed by atoms with Crippen molar-refractivity contribution in [3.05, 3.63) is 259 Å². The van der Waals surface area contributed by atoms with E-state index in [0.29, 0.717) is 98.8 Å². The van der Waals surface area contributed by atoms with Crippen LogP contribution in [0, 0.1) is 5.82 Å². The summed E-state index contributed by atoms with van der Waals surface area (Å²) in [6, 6.07) is 46.3. The van der Waals surface area contributed by atoms with Gasteiger partial charge in [-0.05, 0) is 184 Å². The van der Waals surface area contributed by atoms with Crippen LogP contribution in [-0.2, 0) is 70.5 Å². The van der Waals surface area contributed by atoms with E-state index in [1.54, 1.807) is 74.8 Å². The number of rotatable bonds is 24. The molecule has 4 aromatic carbocycles. The second-order valence-corrected chi connectivity index (χ2v) is 33.5. The summed E-state index contributed by atoms with van der Waals surface area (Å²) >= 11 is 0. The van der Waals surface area contributed by atoms with Gasteiger partial charge in [0.2, 0.25) is 23.6 Å². The first-order chi connectivity index (χ1) is 59.8. The number of hydrogen-bond donors (Lipinski definition) is 8. The average molecular weight is 1650 g/mol. The summed E-state index contributed by atoms with van der Waals surface area (Å²) in [5, 5.41) is 41.5.